The van der Waals surface area contributed by atoms with E-state index < -0.39 is 0 Å². The van der Waals surface area contributed by atoms with Crippen molar-refractivity contribution in [2.45, 2.75) is 26.2 Å². The Balaban J connectivity index is 2.26. The van der Waals surface area contributed by atoms with Gasteiger partial charge in [0.25, 0.3) is 0 Å². The first-order valence-electron chi connectivity index (χ1n) is 5.50. The summed E-state index contributed by atoms with van der Waals surface area (Å²) in [6.07, 6.45) is 3.56. The molecule has 0 saturated heterocycles. The van der Waals surface area contributed by atoms with Gasteiger partial charge in [-0.25, -0.2) is 0 Å². The minimum Gasteiger partial charge on any atom is -0.192 e. The zero-order valence-electron chi connectivity index (χ0n) is 9.24. The molecule has 0 spiro atoms. The molecule has 0 bridgehead atoms. The van der Waals surface area contributed by atoms with Crippen LogP contribution < -0.4 is 0 Å². The molecule has 0 aliphatic rings. The normalized spacial score (nSPS) is 10.6. The first-order chi connectivity index (χ1) is 7.81. The molecule has 0 fully saturated rings. The monoisotopic (exact) mass is 251 g/mol. The number of nitrogens with zero attached hydrogens (tertiary/aromatic N) is 1. The summed E-state index contributed by atoms with van der Waals surface area (Å²) >= 11 is 7.41. The van der Waals surface area contributed by atoms with Gasteiger partial charge in [0.05, 0.1) is 5.69 Å². The largest absolute Gasteiger partial charge is 0.192 e. The first-order valence-corrected chi connectivity index (χ1v) is 6.72. The highest BCUT2D eigenvalue weighted by Crippen LogP contribution is 2.26. The van der Waals surface area contributed by atoms with Gasteiger partial charge in [0, 0.05) is 16.0 Å². The highest BCUT2D eigenvalue weighted by molar-refractivity contribution is 7.04. The van der Waals surface area contributed by atoms with E-state index in [4.69, 9.17) is 11.6 Å². The Bertz CT molecular complexity index is 447. The van der Waals surface area contributed by atoms with Gasteiger partial charge in [0.1, 0.15) is 0 Å². The quantitative estimate of drug-likeness (QED) is 0.760. The maximum Gasteiger partial charge on any atom is 0.0872 e. The molecule has 0 aliphatic carbocycles. The minimum absolute atomic E-state index is 0.772. The van der Waals surface area contributed by atoms with Crippen LogP contribution in [-0.2, 0) is 6.42 Å². The Hall–Kier alpha value is -0.860. The fraction of sp³-hybridized carbons (Fsp3) is 0.308. The molecule has 0 aliphatic heterocycles. The van der Waals surface area contributed by atoms with Crippen molar-refractivity contribution < 1.29 is 0 Å². The maximum absolute atomic E-state index is 5.88. The van der Waals surface area contributed by atoms with Crippen LogP contribution in [0.1, 0.15) is 25.3 Å². The van der Waals surface area contributed by atoms with E-state index in [0.29, 0.717) is 0 Å². The molecular weight excluding hydrogens is 238 g/mol. The van der Waals surface area contributed by atoms with E-state index >= 15 is 0 Å². The van der Waals surface area contributed by atoms with E-state index in [2.05, 4.69) is 16.7 Å². The summed E-state index contributed by atoms with van der Waals surface area (Å²) in [5.41, 5.74) is 3.64. The summed E-state index contributed by atoms with van der Waals surface area (Å²) in [5, 5.41) is 2.92. The lowest BCUT2D eigenvalue weighted by Gasteiger charge is -2.02. The van der Waals surface area contributed by atoms with Crippen LogP contribution in [0.5, 0.6) is 0 Å². The second-order valence-electron chi connectivity index (χ2n) is 3.80. The third kappa shape index (κ3) is 2.63. The minimum atomic E-state index is 0.772. The van der Waals surface area contributed by atoms with Crippen molar-refractivity contribution in [1.82, 2.24) is 4.37 Å². The third-order valence-electron chi connectivity index (χ3n) is 2.56. The lowest BCUT2D eigenvalue weighted by atomic mass is 10.0. The molecule has 0 atom stereocenters. The predicted molar refractivity (Wildman–Crippen MR) is 71.2 cm³/mol. The molecule has 2 rings (SSSR count). The number of hydrogen-bond donors (Lipinski definition) is 0. The number of unbranched alkanes of at least 4 members (excludes halogenated alkanes) is 1. The van der Waals surface area contributed by atoms with Gasteiger partial charge in [-0.05, 0) is 42.1 Å². The van der Waals surface area contributed by atoms with E-state index in [1.165, 1.54) is 29.9 Å². The van der Waals surface area contributed by atoms with Crippen LogP contribution in [0.15, 0.2) is 29.6 Å². The number of aromatic nitrogens is 1. The van der Waals surface area contributed by atoms with Gasteiger partial charge in [-0.15, -0.1) is 0 Å². The van der Waals surface area contributed by atoms with Crippen LogP contribution in [0.2, 0.25) is 5.02 Å². The van der Waals surface area contributed by atoms with Crippen molar-refractivity contribution >= 4 is 23.1 Å². The van der Waals surface area contributed by atoms with Crippen molar-refractivity contribution in [2.75, 3.05) is 0 Å². The molecule has 1 aromatic heterocycles. The van der Waals surface area contributed by atoms with Gasteiger partial charge in [0.15, 0.2) is 0 Å². The zero-order valence-corrected chi connectivity index (χ0v) is 10.8. The fourth-order valence-corrected chi connectivity index (χ4v) is 2.51. The summed E-state index contributed by atoms with van der Waals surface area (Å²) in [6, 6.07) is 7.90. The van der Waals surface area contributed by atoms with Crippen LogP contribution in [0.25, 0.3) is 11.3 Å². The van der Waals surface area contributed by atoms with Gasteiger partial charge < -0.3 is 0 Å². The average Bonchev–Trinajstić information content (AvgIpc) is 2.75. The Morgan fingerprint density at radius 1 is 1.25 bits per heavy atom. The van der Waals surface area contributed by atoms with E-state index in [9.17, 15) is 0 Å². The molecule has 1 nitrogen and oxygen atoms in total. The second-order valence-corrected chi connectivity index (χ2v) is 4.86. The summed E-state index contributed by atoms with van der Waals surface area (Å²) in [6.45, 7) is 2.21. The van der Waals surface area contributed by atoms with Crippen molar-refractivity contribution in [3.8, 4) is 11.3 Å². The highest BCUT2D eigenvalue weighted by atomic mass is 35.5. The zero-order chi connectivity index (χ0) is 11.4. The standard InChI is InChI=1S/C13H14ClNS/c1-2-3-4-11-9-16-15-13(11)10-5-7-12(14)8-6-10/h5-9H,2-4H2,1H3. The van der Waals surface area contributed by atoms with Gasteiger partial charge in [0.2, 0.25) is 0 Å². The Kier molecular flexibility index (Phi) is 3.97. The molecule has 2 aromatic rings. The van der Waals surface area contributed by atoms with Crippen LogP contribution in [-0.4, -0.2) is 4.37 Å². The maximum atomic E-state index is 5.88. The lowest BCUT2D eigenvalue weighted by molar-refractivity contribution is 0.797. The Morgan fingerprint density at radius 2 is 2.00 bits per heavy atom. The molecule has 1 aromatic carbocycles. The number of benzene rings is 1. The van der Waals surface area contributed by atoms with Gasteiger partial charge in [-0.2, -0.15) is 4.37 Å². The summed E-state index contributed by atoms with van der Waals surface area (Å²) < 4.78 is 4.47. The smallest absolute Gasteiger partial charge is 0.0872 e. The van der Waals surface area contributed by atoms with Gasteiger partial charge >= 0.3 is 0 Å². The van der Waals surface area contributed by atoms with Crippen molar-refractivity contribution in [3.63, 3.8) is 0 Å². The Morgan fingerprint density at radius 3 is 2.69 bits per heavy atom. The molecular formula is C13H14ClNS. The summed E-state index contributed by atoms with van der Waals surface area (Å²) in [7, 11) is 0. The Labute approximate surface area is 105 Å². The number of aryl methyl sites for hydroxylation is 1. The van der Waals surface area contributed by atoms with Gasteiger partial charge in [-0.1, -0.05) is 37.1 Å². The third-order valence-corrected chi connectivity index (χ3v) is 3.49. The topological polar surface area (TPSA) is 12.9 Å². The van der Waals surface area contributed by atoms with Crippen LogP contribution >= 0.6 is 23.1 Å². The summed E-state index contributed by atoms with van der Waals surface area (Å²) in [4.78, 5) is 0. The molecule has 16 heavy (non-hydrogen) atoms. The molecule has 0 unspecified atom stereocenters. The van der Waals surface area contributed by atoms with E-state index in [-0.39, 0.29) is 0 Å². The van der Waals surface area contributed by atoms with E-state index in [0.717, 1.165) is 22.7 Å². The van der Waals surface area contributed by atoms with E-state index in [1.807, 2.05) is 24.3 Å². The first kappa shape index (κ1) is 11.6. The van der Waals surface area contributed by atoms with Gasteiger partial charge in [-0.3, -0.25) is 0 Å². The van der Waals surface area contributed by atoms with Crippen molar-refractivity contribution in [3.05, 3.63) is 40.2 Å². The van der Waals surface area contributed by atoms with Crippen molar-refractivity contribution in [2.24, 2.45) is 0 Å². The predicted octanol–water partition coefficient (Wildman–Crippen LogP) is 4.81. The van der Waals surface area contributed by atoms with Crippen molar-refractivity contribution in [1.29, 1.82) is 0 Å². The van der Waals surface area contributed by atoms with Crippen LogP contribution in [0.3, 0.4) is 0 Å². The van der Waals surface area contributed by atoms with Crippen LogP contribution in [0.4, 0.5) is 0 Å². The molecule has 0 N–H and O–H groups in total. The lowest BCUT2D eigenvalue weighted by Crippen LogP contribution is -1.87. The molecule has 3 heteroatoms. The molecule has 0 amide bonds. The molecule has 84 valence electrons. The van der Waals surface area contributed by atoms with Crippen LogP contribution in [0, 0.1) is 0 Å². The fourth-order valence-electron chi connectivity index (χ4n) is 1.65. The number of hydrogen-bond acceptors (Lipinski definition) is 2. The SMILES string of the molecule is CCCCc1csnc1-c1ccc(Cl)cc1. The molecule has 0 saturated carbocycles. The highest BCUT2D eigenvalue weighted by Gasteiger charge is 2.07. The second kappa shape index (κ2) is 5.46. The molecule has 0 radical (unpaired) electrons. The van der Waals surface area contributed by atoms with E-state index in [1.54, 1.807) is 0 Å². The number of halogens is 1. The number of rotatable bonds is 4. The molecule has 1 heterocycles. The average molecular weight is 252 g/mol. The summed E-state index contributed by atoms with van der Waals surface area (Å²) in [5.74, 6) is 0.